The van der Waals surface area contributed by atoms with Crippen LogP contribution in [-0.2, 0) is 6.42 Å². The summed E-state index contributed by atoms with van der Waals surface area (Å²) in [5.41, 5.74) is 13.3. The van der Waals surface area contributed by atoms with Crippen LogP contribution in [0.1, 0.15) is 17.5 Å². The van der Waals surface area contributed by atoms with Gasteiger partial charge in [-0.05, 0) is 37.4 Å². The van der Waals surface area contributed by atoms with Crippen molar-refractivity contribution in [2.75, 3.05) is 12.3 Å². The summed E-state index contributed by atoms with van der Waals surface area (Å²) in [5, 5.41) is 0. The first-order valence-corrected chi connectivity index (χ1v) is 4.15. The molecule has 1 rings (SSSR count). The molecular formula is C9H15N3. The molecule has 4 N–H and O–H groups in total. The topological polar surface area (TPSA) is 64.9 Å². The molecule has 0 aliphatic heterocycles. The highest BCUT2D eigenvalue weighted by Gasteiger charge is 1.99. The first kappa shape index (κ1) is 9.00. The maximum Gasteiger partial charge on any atom is 0.126 e. The molecule has 3 nitrogen and oxygen atoms in total. The van der Waals surface area contributed by atoms with Crippen LogP contribution in [0.15, 0.2) is 12.3 Å². The Bertz CT molecular complexity index is 258. The van der Waals surface area contributed by atoms with Gasteiger partial charge < -0.3 is 11.5 Å². The van der Waals surface area contributed by atoms with Gasteiger partial charge in [-0.2, -0.15) is 0 Å². The number of hydrogen-bond donors (Lipinski definition) is 2. The highest BCUT2D eigenvalue weighted by molar-refractivity contribution is 5.40. The normalized spacial score (nSPS) is 10.2. The molecular weight excluding hydrogens is 150 g/mol. The molecule has 0 atom stereocenters. The van der Waals surface area contributed by atoms with Crippen molar-refractivity contribution >= 4 is 5.82 Å². The molecule has 3 heteroatoms. The van der Waals surface area contributed by atoms with E-state index in [1.54, 1.807) is 6.20 Å². The van der Waals surface area contributed by atoms with Crippen molar-refractivity contribution in [1.29, 1.82) is 0 Å². The second kappa shape index (κ2) is 4.07. The molecule has 0 saturated carbocycles. The van der Waals surface area contributed by atoms with E-state index < -0.39 is 0 Å². The van der Waals surface area contributed by atoms with E-state index in [2.05, 4.69) is 11.1 Å². The molecule has 0 unspecified atom stereocenters. The molecule has 0 aliphatic carbocycles. The van der Waals surface area contributed by atoms with E-state index in [0.717, 1.165) is 24.0 Å². The number of aryl methyl sites for hydroxylation is 2. The fraction of sp³-hybridized carbons (Fsp3) is 0.444. The summed E-state index contributed by atoms with van der Waals surface area (Å²) in [6.07, 6.45) is 3.67. The fourth-order valence-electron chi connectivity index (χ4n) is 1.13. The van der Waals surface area contributed by atoms with Crippen molar-refractivity contribution in [2.45, 2.75) is 19.8 Å². The lowest BCUT2D eigenvalue weighted by atomic mass is 10.1. The number of anilines is 1. The van der Waals surface area contributed by atoms with E-state index in [0.29, 0.717) is 12.4 Å². The largest absolute Gasteiger partial charge is 0.383 e. The minimum atomic E-state index is 0.633. The highest BCUT2D eigenvalue weighted by Crippen LogP contribution is 2.11. The zero-order valence-corrected chi connectivity index (χ0v) is 7.38. The van der Waals surface area contributed by atoms with Crippen molar-refractivity contribution in [3.63, 3.8) is 0 Å². The summed E-state index contributed by atoms with van der Waals surface area (Å²) < 4.78 is 0. The lowest BCUT2D eigenvalue weighted by molar-refractivity contribution is 0.830. The lowest BCUT2D eigenvalue weighted by Crippen LogP contribution is -2.03. The van der Waals surface area contributed by atoms with Gasteiger partial charge in [0.05, 0.1) is 0 Å². The second-order valence-corrected chi connectivity index (χ2v) is 2.95. The van der Waals surface area contributed by atoms with Crippen LogP contribution in [0.4, 0.5) is 5.82 Å². The Morgan fingerprint density at radius 3 is 2.92 bits per heavy atom. The van der Waals surface area contributed by atoms with Crippen LogP contribution < -0.4 is 11.5 Å². The molecule has 0 spiro atoms. The number of nitrogens with two attached hydrogens (primary N) is 2. The van der Waals surface area contributed by atoms with Crippen molar-refractivity contribution < 1.29 is 0 Å². The van der Waals surface area contributed by atoms with Crippen LogP contribution >= 0.6 is 0 Å². The standard InChI is InChI=1S/C9H15N3/c1-7-5-8(3-2-4-10)9(11)12-6-7/h5-6H,2-4,10H2,1H3,(H2,11,12). The van der Waals surface area contributed by atoms with Gasteiger partial charge in [0.25, 0.3) is 0 Å². The van der Waals surface area contributed by atoms with E-state index in [9.17, 15) is 0 Å². The quantitative estimate of drug-likeness (QED) is 0.698. The number of rotatable bonds is 3. The fourth-order valence-corrected chi connectivity index (χ4v) is 1.13. The number of aromatic nitrogens is 1. The Labute approximate surface area is 72.8 Å². The summed E-state index contributed by atoms with van der Waals surface area (Å²) in [6.45, 7) is 2.71. The van der Waals surface area contributed by atoms with Gasteiger partial charge in [-0.3, -0.25) is 0 Å². The second-order valence-electron chi connectivity index (χ2n) is 2.95. The predicted octanol–water partition coefficient (Wildman–Crippen LogP) is 0.864. The van der Waals surface area contributed by atoms with E-state index in [1.165, 1.54) is 0 Å². The predicted molar refractivity (Wildman–Crippen MR) is 50.8 cm³/mol. The number of pyridine rings is 1. The van der Waals surface area contributed by atoms with Crippen LogP contribution in [0.2, 0.25) is 0 Å². The molecule has 1 aromatic rings. The Morgan fingerprint density at radius 1 is 1.50 bits per heavy atom. The number of hydrogen-bond acceptors (Lipinski definition) is 3. The van der Waals surface area contributed by atoms with E-state index >= 15 is 0 Å². The van der Waals surface area contributed by atoms with Gasteiger partial charge in [0.1, 0.15) is 5.82 Å². The minimum absolute atomic E-state index is 0.633. The summed E-state index contributed by atoms with van der Waals surface area (Å²) in [5.74, 6) is 0.633. The van der Waals surface area contributed by atoms with E-state index in [1.807, 2.05) is 6.92 Å². The van der Waals surface area contributed by atoms with Crippen molar-refractivity contribution in [1.82, 2.24) is 4.98 Å². The third kappa shape index (κ3) is 2.20. The van der Waals surface area contributed by atoms with Gasteiger partial charge >= 0.3 is 0 Å². The Kier molecular flexibility index (Phi) is 3.05. The Balaban J connectivity index is 2.75. The molecule has 0 bridgehead atoms. The average Bonchev–Trinajstić information content (AvgIpc) is 2.07. The van der Waals surface area contributed by atoms with Crippen LogP contribution in [0.25, 0.3) is 0 Å². The summed E-state index contributed by atoms with van der Waals surface area (Å²) in [7, 11) is 0. The van der Waals surface area contributed by atoms with E-state index in [-0.39, 0.29) is 0 Å². The maximum absolute atomic E-state index is 5.68. The zero-order valence-electron chi connectivity index (χ0n) is 7.38. The third-order valence-electron chi connectivity index (χ3n) is 1.79. The molecule has 66 valence electrons. The van der Waals surface area contributed by atoms with Gasteiger partial charge in [-0.15, -0.1) is 0 Å². The van der Waals surface area contributed by atoms with Crippen molar-refractivity contribution in [3.8, 4) is 0 Å². The molecule has 0 amide bonds. The van der Waals surface area contributed by atoms with Gasteiger partial charge in [-0.1, -0.05) is 6.07 Å². The molecule has 0 aromatic carbocycles. The summed E-state index contributed by atoms with van der Waals surface area (Å²) >= 11 is 0. The number of nitrogen functional groups attached to an aromatic ring is 1. The first-order valence-electron chi connectivity index (χ1n) is 4.15. The first-order chi connectivity index (χ1) is 5.74. The molecule has 1 aromatic heterocycles. The highest BCUT2D eigenvalue weighted by atomic mass is 14.8. The van der Waals surface area contributed by atoms with Crippen LogP contribution in [0.5, 0.6) is 0 Å². The third-order valence-corrected chi connectivity index (χ3v) is 1.79. The van der Waals surface area contributed by atoms with Crippen LogP contribution in [0, 0.1) is 6.92 Å². The molecule has 0 saturated heterocycles. The van der Waals surface area contributed by atoms with Crippen LogP contribution in [-0.4, -0.2) is 11.5 Å². The molecule has 0 radical (unpaired) electrons. The van der Waals surface area contributed by atoms with Crippen molar-refractivity contribution in [3.05, 3.63) is 23.4 Å². The lowest BCUT2D eigenvalue weighted by Gasteiger charge is -2.04. The minimum Gasteiger partial charge on any atom is -0.383 e. The number of nitrogens with zero attached hydrogens (tertiary/aromatic N) is 1. The average molecular weight is 165 g/mol. The molecule has 12 heavy (non-hydrogen) atoms. The smallest absolute Gasteiger partial charge is 0.126 e. The molecule has 1 heterocycles. The van der Waals surface area contributed by atoms with Gasteiger partial charge in [0.2, 0.25) is 0 Å². The van der Waals surface area contributed by atoms with Gasteiger partial charge in [0.15, 0.2) is 0 Å². The van der Waals surface area contributed by atoms with Gasteiger partial charge in [-0.25, -0.2) is 4.98 Å². The Morgan fingerprint density at radius 2 is 2.25 bits per heavy atom. The van der Waals surface area contributed by atoms with Crippen LogP contribution in [0.3, 0.4) is 0 Å². The zero-order chi connectivity index (χ0) is 8.97. The van der Waals surface area contributed by atoms with Crippen molar-refractivity contribution in [2.24, 2.45) is 5.73 Å². The summed E-state index contributed by atoms with van der Waals surface area (Å²) in [4.78, 5) is 4.07. The Hall–Kier alpha value is -1.09. The molecule has 0 fully saturated rings. The summed E-state index contributed by atoms with van der Waals surface area (Å²) in [6, 6.07) is 2.07. The molecule has 0 aliphatic rings. The van der Waals surface area contributed by atoms with E-state index in [4.69, 9.17) is 11.5 Å². The maximum atomic E-state index is 5.68. The SMILES string of the molecule is Cc1cnc(N)c(CCCN)c1. The van der Waals surface area contributed by atoms with Gasteiger partial charge in [0, 0.05) is 6.20 Å². The monoisotopic (exact) mass is 165 g/mol.